The first kappa shape index (κ1) is 19.7. The summed E-state index contributed by atoms with van der Waals surface area (Å²) in [6, 6.07) is 12.4. The molecule has 1 heterocycles. The molecular weight excluding hydrogens is 360 g/mol. The van der Waals surface area contributed by atoms with Crippen molar-refractivity contribution in [3.63, 3.8) is 0 Å². The van der Waals surface area contributed by atoms with Crippen molar-refractivity contribution in [1.29, 1.82) is 0 Å². The van der Waals surface area contributed by atoms with Gasteiger partial charge in [-0.15, -0.1) is 0 Å². The minimum Gasteiger partial charge on any atom is -0.459 e. The lowest BCUT2D eigenvalue weighted by atomic mass is 10.2. The van der Waals surface area contributed by atoms with Crippen LogP contribution in [0.2, 0.25) is 0 Å². The van der Waals surface area contributed by atoms with Crippen molar-refractivity contribution in [2.75, 3.05) is 25.7 Å². The Kier molecular flexibility index (Phi) is 6.16. The number of esters is 1. The smallest absolute Gasteiger partial charge is 0.338 e. The Morgan fingerprint density at radius 2 is 1.82 bits per heavy atom. The van der Waals surface area contributed by atoms with Gasteiger partial charge in [0.15, 0.2) is 11.5 Å². The van der Waals surface area contributed by atoms with Crippen LogP contribution in [0.5, 0.6) is 11.5 Å². The molecule has 2 aromatic rings. The molecule has 1 aliphatic rings. The summed E-state index contributed by atoms with van der Waals surface area (Å²) in [4.78, 5) is 26.0. The highest BCUT2D eigenvalue weighted by molar-refractivity contribution is 5.94. The second-order valence-corrected chi connectivity index (χ2v) is 6.94. The van der Waals surface area contributed by atoms with Gasteiger partial charge in [-0.2, -0.15) is 0 Å². The van der Waals surface area contributed by atoms with Gasteiger partial charge in [0.1, 0.15) is 0 Å². The molecular formula is C21H24N2O5. The first-order valence-electron chi connectivity index (χ1n) is 9.08. The Labute approximate surface area is 164 Å². The second-order valence-electron chi connectivity index (χ2n) is 6.94. The Bertz CT molecular complexity index is 848. The third kappa shape index (κ3) is 5.23. The number of benzene rings is 2. The van der Waals surface area contributed by atoms with Gasteiger partial charge in [-0.25, -0.2) is 4.79 Å². The molecule has 1 aliphatic heterocycles. The summed E-state index contributed by atoms with van der Waals surface area (Å²) in [6.45, 7) is 4.67. The molecule has 0 fully saturated rings. The van der Waals surface area contributed by atoms with E-state index < -0.39 is 0 Å². The molecule has 0 spiro atoms. The number of anilines is 1. The molecule has 7 heteroatoms. The normalized spacial score (nSPS) is 12.3. The van der Waals surface area contributed by atoms with Gasteiger partial charge in [-0.1, -0.05) is 6.07 Å². The lowest BCUT2D eigenvalue weighted by Gasteiger charge is -2.16. The fraction of sp³-hybridized carbons (Fsp3) is 0.333. The van der Waals surface area contributed by atoms with Crippen LogP contribution in [-0.2, 0) is 16.1 Å². The minimum absolute atomic E-state index is 0.138. The van der Waals surface area contributed by atoms with Crippen LogP contribution in [0.15, 0.2) is 42.5 Å². The highest BCUT2D eigenvalue weighted by Gasteiger charge is 2.15. The lowest BCUT2D eigenvalue weighted by Crippen LogP contribution is -2.29. The Morgan fingerprint density at radius 1 is 1.11 bits per heavy atom. The zero-order valence-corrected chi connectivity index (χ0v) is 16.2. The largest absolute Gasteiger partial charge is 0.459 e. The van der Waals surface area contributed by atoms with Crippen molar-refractivity contribution in [3.8, 4) is 11.5 Å². The zero-order chi connectivity index (χ0) is 20.1. The van der Waals surface area contributed by atoms with E-state index in [1.807, 2.05) is 30.1 Å². The van der Waals surface area contributed by atoms with E-state index in [1.165, 1.54) is 0 Å². The van der Waals surface area contributed by atoms with Crippen LogP contribution in [0.25, 0.3) is 0 Å². The highest BCUT2D eigenvalue weighted by atomic mass is 16.7. The third-order valence-corrected chi connectivity index (χ3v) is 4.05. The van der Waals surface area contributed by atoms with E-state index in [0.717, 1.165) is 17.1 Å². The van der Waals surface area contributed by atoms with Crippen LogP contribution in [0.1, 0.15) is 29.8 Å². The maximum Gasteiger partial charge on any atom is 0.338 e. The van der Waals surface area contributed by atoms with Crippen LogP contribution in [-0.4, -0.2) is 43.3 Å². The van der Waals surface area contributed by atoms with Crippen molar-refractivity contribution in [2.24, 2.45) is 0 Å². The summed E-state index contributed by atoms with van der Waals surface area (Å²) in [5, 5.41) is 2.83. The predicted molar refractivity (Wildman–Crippen MR) is 105 cm³/mol. The fourth-order valence-electron chi connectivity index (χ4n) is 2.82. The standard InChI is InChI=1S/C21H24N2O5/c1-14(2)28-21(25)16-5-7-17(8-6-16)22-20(24)12-23(3)11-15-4-9-18-19(10-15)27-13-26-18/h4-10,14H,11-13H2,1-3H3,(H,22,24). The van der Waals surface area contributed by atoms with Gasteiger partial charge in [0.25, 0.3) is 0 Å². The van der Waals surface area contributed by atoms with Crippen molar-refractivity contribution < 1.29 is 23.8 Å². The summed E-state index contributed by atoms with van der Waals surface area (Å²) >= 11 is 0. The van der Waals surface area contributed by atoms with Crippen molar-refractivity contribution >= 4 is 17.6 Å². The molecule has 7 nitrogen and oxygen atoms in total. The number of nitrogens with zero attached hydrogens (tertiary/aromatic N) is 1. The van der Waals surface area contributed by atoms with Gasteiger partial charge in [0.2, 0.25) is 12.7 Å². The number of carbonyl (C=O) groups is 2. The molecule has 2 aromatic carbocycles. The summed E-state index contributed by atoms with van der Waals surface area (Å²) in [7, 11) is 1.87. The van der Waals surface area contributed by atoms with E-state index in [1.54, 1.807) is 38.1 Å². The molecule has 0 bridgehead atoms. The molecule has 1 N–H and O–H groups in total. The maximum atomic E-state index is 12.3. The summed E-state index contributed by atoms with van der Waals surface area (Å²) in [6.07, 6.45) is -0.174. The number of ether oxygens (including phenoxy) is 3. The van der Waals surface area contributed by atoms with Crippen LogP contribution in [0.4, 0.5) is 5.69 Å². The van der Waals surface area contributed by atoms with Crippen molar-refractivity contribution in [1.82, 2.24) is 4.90 Å². The van der Waals surface area contributed by atoms with E-state index in [-0.39, 0.29) is 31.3 Å². The second kappa shape index (κ2) is 8.75. The summed E-state index contributed by atoms with van der Waals surface area (Å²) in [5.41, 5.74) is 2.11. The molecule has 3 rings (SSSR count). The highest BCUT2D eigenvalue weighted by Crippen LogP contribution is 2.32. The molecule has 28 heavy (non-hydrogen) atoms. The van der Waals surface area contributed by atoms with Gasteiger partial charge >= 0.3 is 5.97 Å². The zero-order valence-electron chi connectivity index (χ0n) is 16.2. The number of hydrogen-bond donors (Lipinski definition) is 1. The molecule has 0 atom stereocenters. The van der Waals surface area contributed by atoms with Crippen molar-refractivity contribution in [3.05, 3.63) is 53.6 Å². The number of rotatable bonds is 7. The molecule has 0 aromatic heterocycles. The molecule has 0 saturated heterocycles. The van der Waals surface area contributed by atoms with Crippen molar-refractivity contribution in [2.45, 2.75) is 26.5 Å². The Morgan fingerprint density at radius 3 is 2.54 bits per heavy atom. The van der Waals surface area contributed by atoms with Gasteiger partial charge in [0, 0.05) is 12.2 Å². The molecule has 0 unspecified atom stereocenters. The van der Waals surface area contributed by atoms with Crippen LogP contribution in [0.3, 0.4) is 0 Å². The van der Waals surface area contributed by atoms with Gasteiger partial charge in [-0.3, -0.25) is 9.69 Å². The van der Waals surface area contributed by atoms with Gasteiger partial charge in [-0.05, 0) is 62.9 Å². The molecule has 1 amide bonds. The van der Waals surface area contributed by atoms with Crippen LogP contribution in [0, 0.1) is 0 Å². The number of nitrogens with one attached hydrogen (secondary N) is 1. The first-order valence-corrected chi connectivity index (χ1v) is 9.08. The van der Waals surface area contributed by atoms with E-state index in [0.29, 0.717) is 17.8 Å². The van der Waals surface area contributed by atoms with Crippen LogP contribution < -0.4 is 14.8 Å². The molecule has 0 aliphatic carbocycles. The summed E-state index contributed by atoms with van der Waals surface area (Å²) in [5.74, 6) is 0.952. The molecule has 0 saturated carbocycles. The summed E-state index contributed by atoms with van der Waals surface area (Å²) < 4.78 is 15.8. The number of amides is 1. The quantitative estimate of drug-likeness (QED) is 0.740. The van der Waals surface area contributed by atoms with Gasteiger partial charge in [0.05, 0.1) is 18.2 Å². The van der Waals surface area contributed by atoms with Crippen LogP contribution >= 0.6 is 0 Å². The Hall–Kier alpha value is -3.06. The lowest BCUT2D eigenvalue weighted by molar-refractivity contribution is -0.117. The first-order chi connectivity index (χ1) is 13.4. The van der Waals surface area contributed by atoms with E-state index in [4.69, 9.17) is 14.2 Å². The minimum atomic E-state index is -0.378. The topological polar surface area (TPSA) is 77.1 Å². The number of hydrogen-bond acceptors (Lipinski definition) is 6. The maximum absolute atomic E-state index is 12.3. The van der Waals surface area contributed by atoms with E-state index in [9.17, 15) is 9.59 Å². The van der Waals surface area contributed by atoms with E-state index >= 15 is 0 Å². The van der Waals surface area contributed by atoms with Gasteiger partial charge < -0.3 is 19.5 Å². The third-order valence-electron chi connectivity index (χ3n) is 4.05. The van der Waals surface area contributed by atoms with E-state index in [2.05, 4.69) is 5.32 Å². The Balaban J connectivity index is 1.50. The number of likely N-dealkylation sites (N-methyl/N-ethyl adjacent to an activating group) is 1. The average molecular weight is 384 g/mol. The number of carbonyl (C=O) groups excluding carboxylic acids is 2. The SMILES string of the molecule is CC(C)OC(=O)c1ccc(NC(=O)CN(C)Cc2ccc3c(c2)OCO3)cc1. The molecule has 0 radical (unpaired) electrons. The average Bonchev–Trinajstić information content (AvgIpc) is 3.09. The molecule has 148 valence electrons. The predicted octanol–water partition coefficient (Wildman–Crippen LogP) is 3.05. The monoisotopic (exact) mass is 384 g/mol. The fourth-order valence-corrected chi connectivity index (χ4v) is 2.82. The number of fused-ring (bicyclic) bond motifs is 1.